The van der Waals surface area contributed by atoms with Crippen molar-refractivity contribution >= 4 is 23.2 Å². The van der Waals surface area contributed by atoms with Gasteiger partial charge in [0.15, 0.2) is 11.6 Å². The SMILES string of the molecule is CC(=O)c1ccc(NC(=O)c2ccccc2C(=O)c2ccccc2)cc1. The lowest BCUT2D eigenvalue weighted by Crippen LogP contribution is -2.17. The Labute approximate surface area is 151 Å². The molecule has 1 amide bonds. The van der Waals surface area contributed by atoms with Crippen LogP contribution in [0.25, 0.3) is 0 Å². The summed E-state index contributed by atoms with van der Waals surface area (Å²) in [4.78, 5) is 36.7. The van der Waals surface area contributed by atoms with Gasteiger partial charge < -0.3 is 5.32 Å². The Bertz CT molecular complexity index is 960. The Hall–Kier alpha value is -3.53. The molecule has 0 saturated carbocycles. The standard InChI is InChI=1S/C22H17NO3/c1-15(24)16-11-13-18(14-12-16)23-22(26)20-10-6-5-9-19(20)21(25)17-7-3-2-4-8-17/h2-14H,1H3,(H,23,26). The Morgan fingerprint density at radius 3 is 1.85 bits per heavy atom. The molecular formula is C22H17NO3. The van der Waals surface area contributed by atoms with Gasteiger partial charge in [-0.25, -0.2) is 0 Å². The molecule has 0 spiro atoms. The van der Waals surface area contributed by atoms with Gasteiger partial charge in [0.05, 0.1) is 5.56 Å². The minimum Gasteiger partial charge on any atom is -0.322 e. The van der Waals surface area contributed by atoms with Crippen molar-refractivity contribution in [3.05, 3.63) is 101 Å². The third kappa shape index (κ3) is 3.75. The van der Waals surface area contributed by atoms with Crippen LogP contribution in [-0.4, -0.2) is 17.5 Å². The molecule has 0 aromatic heterocycles. The van der Waals surface area contributed by atoms with Crippen LogP contribution in [0.2, 0.25) is 0 Å². The maximum absolute atomic E-state index is 12.7. The van der Waals surface area contributed by atoms with E-state index in [1.165, 1.54) is 6.92 Å². The van der Waals surface area contributed by atoms with Crippen LogP contribution in [0.1, 0.15) is 43.6 Å². The fourth-order valence-electron chi connectivity index (χ4n) is 2.61. The number of ketones is 2. The molecule has 3 aromatic carbocycles. The third-order valence-corrected chi connectivity index (χ3v) is 4.00. The quantitative estimate of drug-likeness (QED) is 0.700. The first-order valence-corrected chi connectivity index (χ1v) is 8.17. The zero-order chi connectivity index (χ0) is 18.5. The highest BCUT2D eigenvalue weighted by Gasteiger charge is 2.18. The second-order valence-electron chi connectivity index (χ2n) is 5.83. The van der Waals surface area contributed by atoms with Crippen molar-refractivity contribution in [1.82, 2.24) is 0 Å². The molecule has 4 nitrogen and oxygen atoms in total. The first-order valence-electron chi connectivity index (χ1n) is 8.17. The van der Waals surface area contributed by atoms with Gasteiger partial charge in [0.25, 0.3) is 5.91 Å². The summed E-state index contributed by atoms with van der Waals surface area (Å²) in [7, 11) is 0. The summed E-state index contributed by atoms with van der Waals surface area (Å²) in [6, 6.07) is 22.2. The number of benzene rings is 3. The van der Waals surface area contributed by atoms with Crippen molar-refractivity contribution in [2.45, 2.75) is 6.92 Å². The lowest BCUT2D eigenvalue weighted by Gasteiger charge is -2.10. The maximum atomic E-state index is 12.7. The van der Waals surface area contributed by atoms with Gasteiger partial charge in [-0.3, -0.25) is 14.4 Å². The summed E-state index contributed by atoms with van der Waals surface area (Å²) in [5.41, 5.74) is 2.30. The largest absolute Gasteiger partial charge is 0.322 e. The number of anilines is 1. The summed E-state index contributed by atoms with van der Waals surface area (Å²) in [6.45, 7) is 1.49. The zero-order valence-electron chi connectivity index (χ0n) is 14.2. The minimum absolute atomic E-state index is 0.0401. The first kappa shape index (κ1) is 17.3. The number of Topliss-reactive ketones (excluding diaryl/α,β-unsaturated/α-hetero) is 1. The summed E-state index contributed by atoms with van der Waals surface area (Å²) < 4.78 is 0. The monoisotopic (exact) mass is 343 g/mol. The van der Waals surface area contributed by atoms with Gasteiger partial charge in [-0.05, 0) is 37.3 Å². The van der Waals surface area contributed by atoms with Crippen molar-refractivity contribution in [2.24, 2.45) is 0 Å². The highest BCUT2D eigenvalue weighted by atomic mass is 16.2. The Morgan fingerprint density at radius 2 is 1.23 bits per heavy atom. The average molecular weight is 343 g/mol. The van der Waals surface area contributed by atoms with Crippen molar-refractivity contribution in [3.63, 3.8) is 0 Å². The molecule has 0 fully saturated rings. The molecular weight excluding hydrogens is 326 g/mol. The van der Waals surface area contributed by atoms with E-state index >= 15 is 0 Å². The van der Waals surface area contributed by atoms with E-state index in [0.29, 0.717) is 27.9 Å². The van der Waals surface area contributed by atoms with Gasteiger partial charge in [0, 0.05) is 22.4 Å². The lowest BCUT2D eigenvalue weighted by atomic mass is 9.98. The van der Waals surface area contributed by atoms with E-state index in [9.17, 15) is 14.4 Å². The van der Waals surface area contributed by atoms with Crippen LogP contribution in [-0.2, 0) is 0 Å². The molecule has 3 rings (SSSR count). The Kier molecular flexibility index (Phi) is 5.04. The summed E-state index contributed by atoms with van der Waals surface area (Å²) in [5.74, 6) is -0.620. The third-order valence-electron chi connectivity index (χ3n) is 4.00. The predicted octanol–water partition coefficient (Wildman–Crippen LogP) is 4.37. The molecule has 0 aliphatic carbocycles. The number of hydrogen-bond donors (Lipinski definition) is 1. The van der Waals surface area contributed by atoms with Gasteiger partial charge in [-0.15, -0.1) is 0 Å². The molecule has 26 heavy (non-hydrogen) atoms. The number of carbonyl (C=O) groups excluding carboxylic acids is 3. The van der Waals surface area contributed by atoms with Crippen molar-refractivity contribution < 1.29 is 14.4 Å². The van der Waals surface area contributed by atoms with Crippen LogP contribution in [0, 0.1) is 0 Å². The van der Waals surface area contributed by atoms with Gasteiger partial charge in [-0.1, -0.05) is 48.5 Å². The Balaban J connectivity index is 1.86. The van der Waals surface area contributed by atoms with E-state index in [1.807, 2.05) is 6.07 Å². The number of carbonyl (C=O) groups is 3. The second kappa shape index (κ2) is 7.57. The fourth-order valence-corrected chi connectivity index (χ4v) is 2.61. The van der Waals surface area contributed by atoms with Gasteiger partial charge >= 0.3 is 0 Å². The summed E-state index contributed by atoms with van der Waals surface area (Å²) in [6.07, 6.45) is 0. The molecule has 0 aliphatic rings. The lowest BCUT2D eigenvalue weighted by molar-refractivity contribution is 0.0996. The van der Waals surface area contributed by atoms with Crippen LogP contribution in [0.3, 0.4) is 0 Å². The second-order valence-corrected chi connectivity index (χ2v) is 5.83. The molecule has 3 aromatic rings. The van der Waals surface area contributed by atoms with Crippen molar-refractivity contribution in [1.29, 1.82) is 0 Å². The van der Waals surface area contributed by atoms with Crippen LogP contribution in [0.15, 0.2) is 78.9 Å². The highest BCUT2D eigenvalue weighted by Crippen LogP contribution is 2.17. The van der Waals surface area contributed by atoms with E-state index in [0.717, 1.165) is 0 Å². The van der Waals surface area contributed by atoms with Crippen LogP contribution in [0.4, 0.5) is 5.69 Å². The normalized spacial score (nSPS) is 10.2. The number of hydrogen-bond acceptors (Lipinski definition) is 3. The summed E-state index contributed by atoms with van der Waals surface area (Å²) in [5, 5.41) is 2.77. The first-order chi connectivity index (χ1) is 12.6. The number of rotatable bonds is 5. The minimum atomic E-state index is -0.375. The predicted molar refractivity (Wildman–Crippen MR) is 101 cm³/mol. The van der Waals surface area contributed by atoms with E-state index in [4.69, 9.17) is 0 Å². The molecule has 4 heteroatoms. The van der Waals surface area contributed by atoms with Crippen LogP contribution in [0.5, 0.6) is 0 Å². The molecule has 0 aliphatic heterocycles. The fraction of sp³-hybridized carbons (Fsp3) is 0.0455. The van der Waals surface area contributed by atoms with Gasteiger partial charge in [0.2, 0.25) is 0 Å². The van der Waals surface area contributed by atoms with Crippen molar-refractivity contribution in [3.8, 4) is 0 Å². The smallest absolute Gasteiger partial charge is 0.256 e. The molecule has 0 radical (unpaired) electrons. The van der Waals surface area contributed by atoms with E-state index in [1.54, 1.807) is 72.8 Å². The van der Waals surface area contributed by atoms with Crippen LogP contribution >= 0.6 is 0 Å². The van der Waals surface area contributed by atoms with E-state index in [-0.39, 0.29) is 17.5 Å². The molecule has 0 atom stereocenters. The number of amides is 1. The maximum Gasteiger partial charge on any atom is 0.256 e. The Morgan fingerprint density at radius 1 is 0.654 bits per heavy atom. The molecule has 0 bridgehead atoms. The van der Waals surface area contributed by atoms with Gasteiger partial charge in [0.1, 0.15) is 0 Å². The van der Waals surface area contributed by atoms with Crippen molar-refractivity contribution in [2.75, 3.05) is 5.32 Å². The molecule has 128 valence electrons. The van der Waals surface area contributed by atoms with E-state index in [2.05, 4.69) is 5.32 Å². The average Bonchev–Trinajstić information content (AvgIpc) is 2.68. The topological polar surface area (TPSA) is 63.2 Å². The molecule has 0 heterocycles. The van der Waals surface area contributed by atoms with Crippen LogP contribution < -0.4 is 5.32 Å². The number of nitrogens with one attached hydrogen (secondary N) is 1. The zero-order valence-corrected chi connectivity index (χ0v) is 14.2. The molecule has 1 N–H and O–H groups in total. The summed E-state index contributed by atoms with van der Waals surface area (Å²) >= 11 is 0. The highest BCUT2D eigenvalue weighted by molar-refractivity contribution is 6.17. The molecule has 0 unspecified atom stereocenters. The van der Waals surface area contributed by atoms with E-state index < -0.39 is 0 Å². The van der Waals surface area contributed by atoms with Gasteiger partial charge in [-0.2, -0.15) is 0 Å². The molecule has 0 saturated heterocycles.